The monoisotopic (exact) mass is 881 g/mol. The number of hydrogen-bond donors (Lipinski definition) is 0. The van der Waals surface area contributed by atoms with Crippen LogP contribution < -0.4 is 0 Å². The van der Waals surface area contributed by atoms with Crippen molar-refractivity contribution in [3.63, 3.8) is 0 Å². The fraction of sp³-hybridized carbons (Fsp3) is 0.920. The summed E-state index contributed by atoms with van der Waals surface area (Å²) in [5.74, 6) is -1.35. The summed E-state index contributed by atoms with van der Waals surface area (Å²) in [6.07, 6.45) is 19.4. The summed E-state index contributed by atoms with van der Waals surface area (Å²) in [6.45, 7) is 12.9. The van der Waals surface area contributed by atoms with Crippen LogP contribution in [0, 0.1) is 0 Å². The Bertz CT molecular complexity index is 1200. The molecule has 0 aromatic rings. The molecule has 0 aromatic carbocycles. The van der Waals surface area contributed by atoms with Crippen molar-refractivity contribution in [1.82, 2.24) is 0 Å². The van der Waals surface area contributed by atoms with Crippen molar-refractivity contribution in [2.24, 2.45) is 0 Å². The van der Waals surface area contributed by atoms with Crippen molar-refractivity contribution in [1.29, 1.82) is 0 Å². The molecule has 4 fully saturated rings. The lowest BCUT2D eigenvalue weighted by Gasteiger charge is -2.66. The first-order valence-electron chi connectivity index (χ1n) is 25.0. The van der Waals surface area contributed by atoms with E-state index in [2.05, 4.69) is 84.1 Å². The van der Waals surface area contributed by atoms with Crippen molar-refractivity contribution in [2.45, 2.75) is 191 Å². The summed E-state index contributed by atoms with van der Waals surface area (Å²) in [6, 6.07) is 0. The average molecular weight is 881 g/mol. The van der Waals surface area contributed by atoms with E-state index in [1.807, 2.05) is 0 Å². The van der Waals surface area contributed by atoms with E-state index in [-0.39, 0.29) is 88.6 Å². The smallest absolute Gasteiger partial charge is 0.362 e. The molecule has 0 aliphatic heterocycles. The first-order valence-corrected chi connectivity index (χ1v) is 25.0. The van der Waals surface area contributed by atoms with Crippen LogP contribution in [0.15, 0.2) is 0 Å². The minimum Gasteiger partial charge on any atom is -0.454 e. The summed E-state index contributed by atoms with van der Waals surface area (Å²) in [4.78, 5) is 57.0. The third-order valence-corrected chi connectivity index (χ3v) is 13.9. The van der Waals surface area contributed by atoms with Crippen LogP contribution in [0.4, 0.5) is 0 Å². The van der Waals surface area contributed by atoms with Gasteiger partial charge in [-0.05, 0) is 51.4 Å². The summed E-state index contributed by atoms with van der Waals surface area (Å²) in [5, 5.41) is 0. The summed E-state index contributed by atoms with van der Waals surface area (Å²) in [5.41, 5.74) is -4.63. The van der Waals surface area contributed by atoms with E-state index >= 15 is 0 Å². The molecule has 4 aliphatic carbocycles. The second kappa shape index (κ2) is 23.3. The number of hydrogen-bond acceptors (Lipinski definition) is 8. The third-order valence-electron chi connectivity index (χ3n) is 13.9. The minimum absolute atomic E-state index is 0.178. The van der Waals surface area contributed by atoms with Gasteiger partial charge in [-0.2, -0.15) is 0 Å². The first kappa shape index (κ1) is 54.1. The van der Waals surface area contributed by atoms with Gasteiger partial charge in [0.05, 0.1) is 82.6 Å². The SMILES string of the molecule is CCCCCC[N+](C)(C)CC(=O)OC12CC3(OC(=O)C[N+](C)(C)CCCCCC)CC(OC(=O)C[N+](C)(C)CCCCCC)(C1)CC(OC(=O)C[N+](C)(C)CCCCCC)(C2)C3. The lowest BCUT2D eigenvalue weighted by molar-refractivity contribution is -0.883. The summed E-state index contributed by atoms with van der Waals surface area (Å²) >= 11 is 0. The van der Waals surface area contributed by atoms with Crippen molar-refractivity contribution in [2.75, 3.05) is 109 Å². The molecule has 62 heavy (non-hydrogen) atoms. The van der Waals surface area contributed by atoms with Gasteiger partial charge in [0.2, 0.25) is 0 Å². The number of esters is 4. The van der Waals surface area contributed by atoms with E-state index in [0.29, 0.717) is 17.9 Å². The van der Waals surface area contributed by atoms with Gasteiger partial charge in [-0.1, -0.05) is 79.1 Å². The highest BCUT2D eigenvalue weighted by molar-refractivity contribution is 5.74. The third kappa shape index (κ3) is 17.9. The van der Waals surface area contributed by atoms with Gasteiger partial charge in [0, 0.05) is 38.5 Å². The topological polar surface area (TPSA) is 105 Å². The van der Waals surface area contributed by atoms with Crippen LogP contribution in [0.5, 0.6) is 0 Å². The van der Waals surface area contributed by atoms with Crippen LogP contribution in [-0.4, -0.2) is 173 Å². The van der Waals surface area contributed by atoms with Crippen molar-refractivity contribution in [3.05, 3.63) is 0 Å². The molecule has 0 unspecified atom stereocenters. The van der Waals surface area contributed by atoms with Gasteiger partial charge in [-0.3, -0.25) is 0 Å². The number of carbonyl (C=O) groups excluding carboxylic acids is 4. The van der Waals surface area contributed by atoms with E-state index in [0.717, 1.165) is 129 Å². The van der Waals surface area contributed by atoms with Crippen LogP contribution in [0.3, 0.4) is 0 Å². The highest BCUT2D eigenvalue weighted by Crippen LogP contribution is 2.65. The largest absolute Gasteiger partial charge is 0.454 e. The highest BCUT2D eigenvalue weighted by atomic mass is 16.6. The molecule has 0 heterocycles. The number of rotatable bonds is 32. The maximum Gasteiger partial charge on any atom is 0.362 e. The number of carbonyl (C=O) groups is 4. The Morgan fingerprint density at radius 2 is 0.500 bits per heavy atom. The van der Waals surface area contributed by atoms with Gasteiger partial charge in [-0.15, -0.1) is 0 Å². The maximum absolute atomic E-state index is 14.2. The number of quaternary nitrogens is 4. The van der Waals surface area contributed by atoms with Gasteiger partial charge in [0.15, 0.2) is 26.2 Å². The number of nitrogens with zero attached hydrogens (tertiary/aromatic N) is 4. The van der Waals surface area contributed by atoms with E-state index in [1.54, 1.807) is 0 Å². The molecule has 4 bridgehead atoms. The van der Waals surface area contributed by atoms with E-state index in [4.69, 9.17) is 18.9 Å². The average Bonchev–Trinajstić information content (AvgIpc) is 3.09. The first-order chi connectivity index (χ1) is 28.9. The molecule has 4 rings (SSSR count). The summed E-state index contributed by atoms with van der Waals surface area (Å²) < 4.78 is 28.8. The van der Waals surface area contributed by atoms with Crippen molar-refractivity contribution in [3.8, 4) is 0 Å². The molecule has 0 N–H and O–H groups in total. The van der Waals surface area contributed by atoms with Crippen LogP contribution in [0.1, 0.15) is 169 Å². The van der Waals surface area contributed by atoms with Crippen LogP contribution in [0.2, 0.25) is 0 Å². The molecule has 0 radical (unpaired) electrons. The lowest BCUT2D eigenvalue weighted by atomic mass is 9.48. The maximum atomic E-state index is 14.2. The zero-order valence-electron chi connectivity index (χ0n) is 42.3. The Kier molecular flexibility index (Phi) is 20.3. The van der Waals surface area contributed by atoms with Gasteiger partial charge in [0.1, 0.15) is 22.4 Å². The molecule has 0 atom stereocenters. The molecule has 0 spiro atoms. The zero-order chi connectivity index (χ0) is 46.4. The Balaban J connectivity index is 2.03. The lowest BCUT2D eigenvalue weighted by Crippen LogP contribution is -2.75. The number of ether oxygens (including phenoxy) is 4. The highest BCUT2D eigenvalue weighted by Gasteiger charge is 2.75. The molecule has 0 amide bonds. The molecule has 0 aromatic heterocycles. The van der Waals surface area contributed by atoms with Crippen LogP contribution >= 0.6 is 0 Å². The standard InChI is InChI=1S/C50H96N4O8/c1-13-17-21-25-29-51(5,6)33-43(55)59-47-37-48(60-44(56)34-52(7,8)30-26-22-18-14-2)40-49(38-47,61-45(57)35-53(9,10)31-27-23-19-15-3)42-50(39-47,41-48)62-46(58)36-54(11,12)32-28-24-20-16-4/h13-42H2,1-12H3/q+4. The zero-order valence-corrected chi connectivity index (χ0v) is 42.3. The van der Waals surface area contributed by atoms with Gasteiger partial charge < -0.3 is 36.9 Å². The molecule has 12 nitrogen and oxygen atoms in total. The van der Waals surface area contributed by atoms with E-state index in [1.165, 1.54) is 0 Å². The number of unbranched alkanes of at least 4 members (excludes halogenated alkanes) is 12. The second-order valence-corrected chi connectivity index (χ2v) is 23.2. The normalized spacial score (nSPS) is 24.8. The number of likely N-dealkylation sites (N-methyl/N-ethyl adjacent to an activating group) is 4. The predicted octanol–water partition coefficient (Wildman–Crippen LogP) is 8.12. The van der Waals surface area contributed by atoms with Gasteiger partial charge in [0.25, 0.3) is 0 Å². The molecule has 4 aliphatic rings. The van der Waals surface area contributed by atoms with Crippen molar-refractivity contribution >= 4 is 23.9 Å². The Morgan fingerprint density at radius 3 is 0.661 bits per heavy atom. The van der Waals surface area contributed by atoms with Crippen LogP contribution in [0.25, 0.3) is 0 Å². The molecule has 4 saturated carbocycles. The molecular formula is C50H96N4O8+4. The fourth-order valence-corrected chi connectivity index (χ4v) is 11.4. The Morgan fingerprint density at radius 1 is 0.323 bits per heavy atom. The minimum atomic E-state index is -1.16. The van der Waals surface area contributed by atoms with Crippen molar-refractivity contribution < 1.29 is 56.1 Å². The van der Waals surface area contributed by atoms with E-state index < -0.39 is 22.4 Å². The van der Waals surface area contributed by atoms with Gasteiger partial charge >= 0.3 is 23.9 Å². The van der Waals surface area contributed by atoms with Gasteiger partial charge in [-0.25, -0.2) is 19.2 Å². The quantitative estimate of drug-likeness (QED) is 0.0289. The molecular weight excluding hydrogens is 785 g/mol. The molecule has 360 valence electrons. The second-order valence-electron chi connectivity index (χ2n) is 23.2. The fourth-order valence-electron chi connectivity index (χ4n) is 11.4. The molecule has 12 heteroatoms. The predicted molar refractivity (Wildman–Crippen MR) is 247 cm³/mol. The summed E-state index contributed by atoms with van der Waals surface area (Å²) in [7, 11) is 16.5. The Hall–Kier alpha value is -2.28. The van der Waals surface area contributed by atoms with Crippen LogP contribution in [-0.2, 0) is 38.1 Å². The Labute approximate surface area is 379 Å². The van der Waals surface area contributed by atoms with E-state index in [9.17, 15) is 19.2 Å². The molecule has 0 saturated heterocycles.